The van der Waals surface area contributed by atoms with E-state index in [0.29, 0.717) is 6.42 Å². The van der Waals surface area contributed by atoms with Gasteiger partial charge in [0.2, 0.25) is 0 Å². The maximum atomic E-state index is 12.5. The van der Waals surface area contributed by atoms with Crippen LogP contribution in [0.4, 0.5) is 0 Å². The van der Waals surface area contributed by atoms with Gasteiger partial charge in [-0.25, -0.2) is 9.59 Å². The molecular formula is C43H72O10. The van der Waals surface area contributed by atoms with E-state index in [9.17, 15) is 24.9 Å². The summed E-state index contributed by atoms with van der Waals surface area (Å²) in [5.74, 6) is -1.09. The Balaban J connectivity index is 0.973. The highest BCUT2D eigenvalue weighted by atomic mass is 16.6. The topological polar surface area (TPSA) is 141 Å². The van der Waals surface area contributed by atoms with E-state index in [1.807, 2.05) is 6.08 Å². The Hall–Kier alpha value is -1.82. The molecule has 2 saturated heterocycles. The third-order valence-corrected chi connectivity index (χ3v) is 12.1. The summed E-state index contributed by atoms with van der Waals surface area (Å²) in [5, 5.41) is 31.8. The average molecular weight is 749 g/mol. The summed E-state index contributed by atoms with van der Waals surface area (Å²) in [7, 11) is 2.62. The Morgan fingerprint density at radius 1 is 0.698 bits per heavy atom. The molecule has 53 heavy (non-hydrogen) atoms. The molecule has 9 atom stereocenters. The Morgan fingerprint density at radius 2 is 1.19 bits per heavy atom. The molecule has 2 bridgehead atoms. The number of methoxy groups -OCH3 is 2. The normalized spacial score (nSPS) is 28.4. The van der Waals surface area contributed by atoms with Crippen molar-refractivity contribution in [3.8, 4) is 0 Å². The quantitative estimate of drug-likeness (QED) is 0.0434. The van der Waals surface area contributed by atoms with Crippen LogP contribution in [0.3, 0.4) is 0 Å². The first-order valence-electron chi connectivity index (χ1n) is 21.3. The number of aliphatic hydroxyl groups excluding tert-OH is 3. The highest BCUT2D eigenvalue weighted by Gasteiger charge is 2.54. The molecule has 10 heteroatoms. The van der Waals surface area contributed by atoms with E-state index in [1.54, 1.807) is 6.92 Å². The van der Waals surface area contributed by atoms with Crippen molar-refractivity contribution in [3.63, 3.8) is 0 Å². The molecule has 3 N–H and O–H groups in total. The molecular weight excluding hydrogens is 676 g/mol. The number of ether oxygens (including phenoxy) is 5. The summed E-state index contributed by atoms with van der Waals surface area (Å²) < 4.78 is 28.5. The van der Waals surface area contributed by atoms with Gasteiger partial charge in [-0.2, -0.15) is 0 Å². The number of fused-ring (bicyclic) bond motifs is 2. The molecule has 0 amide bonds. The minimum atomic E-state index is -0.942. The van der Waals surface area contributed by atoms with Crippen LogP contribution in [0.2, 0.25) is 0 Å². The lowest BCUT2D eigenvalue weighted by Crippen LogP contribution is -2.33. The number of hydrogen-bond donors (Lipinski definition) is 3. The molecule has 4 aliphatic heterocycles. The van der Waals surface area contributed by atoms with E-state index < -0.39 is 35.9 Å². The van der Waals surface area contributed by atoms with Gasteiger partial charge in [-0.05, 0) is 89.2 Å². The molecule has 0 aliphatic carbocycles. The van der Waals surface area contributed by atoms with Crippen LogP contribution in [0.25, 0.3) is 0 Å². The van der Waals surface area contributed by atoms with Crippen LogP contribution < -0.4 is 0 Å². The second-order valence-corrected chi connectivity index (χ2v) is 16.3. The second-order valence-electron chi connectivity index (χ2n) is 16.3. The van der Waals surface area contributed by atoms with Gasteiger partial charge in [0.15, 0.2) is 0 Å². The summed E-state index contributed by atoms with van der Waals surface area (Å²) in [5.41, 5.74) is 0.637. The van der Waals surface area contributed by atoms with Gasteiger partial charge in [0, 0.05) is 0 Å². The molecule has 0 spiro atoms. The van der Waals surface area contributed by atoms with E-state index in [2.05, 4.69) is 6.92 Å². The van der Waals surface area contributed by atoms with Crippen LogP contribution in [-0.4, -0.2) is 95.9 Å². The first kappa shape index (κ1) is 43.9. The van der Waals surface area contributed by atoms with E-state index in [1.165, 1.54) is 72.0 Å². The third-order valence-electron chi connectivity index (χ3n) is 12.1. The van der Waals surface area contributed by atoms with Crippen molar-refractivity contribution in [3.05, 3.63) is 22.8 Å². The number of unbranched alkanes of at least 4 members (excludes halogenated alkanes) is 12. The highest BCUT2D eigenvalue weighted by molar-refractivity contribution is 6.05. The Bertz CT molecular complexity index is 1180. The summed E-state index contributed by atoms with van der Waals surface area (Å²) in [6, 6.07) is 0. The van der Waals surface area contributed by atoms with Crippen LogP contribution in [-0.2, 0) is 33.3 Å². The fraction of sp³-hybridized carbons (Fsp3) is 0.860. The predicted molar refractivity (Wildman–Crippen MR) is 204 cm³/mol. The average Bonchev–Trinajstić information content (AvgIpc) is 3.95. The van der Waals surface area contributed by atoms with Crippen LogP contribution in [0.15, 0.2) is 22.8 Å². The number of esters is 2. The molecule has 304 valence electrons. The second kappa shape index (κ2) is 22.7. The van der Waals surface area contributed by atoms with Crippen molar-refractivity contribution in [1.82, 2.24) is 0 Å². The molecule has 0 unspecified atom stereocenters. The lowest BCUT2D eigenvalue weighted by molar-refractivity contribution is -0.139. The maximum absolute atomic E-state index is 12.5. The Kier molecular flexibility index (Phi) is 18.8. The van der Waals surface area contributed by atoms with Crippen LogP contribution in [0.5, 0.6) is 0 Å². The zero-order valence-corrected chi connectivity index (χ0v) is 33.4. The van der Waals surface area contributed by atoms with Gasteiger partial charge in [0.25, 0.3) is 0 Å². The molecule has 4 heterocycles. The zero-order valence-electron chi connectivity index (χ0n) is 33.4. The Labute approximate surface area is 319 Å². The van der Waals surface area contributed by atoms with Gasteiger partial charge in [-0.3, -0.25) is 0 Å². The molecule has 0 saturated carbocycles. The smallest absolute Gasteiger partial charge is 0.337 e. The molecule has 0 radical (unpaired) electrons. The van der Waals surface area contributed by atoms with Crippen molar-refractivity contribution in [2.45, 2.75) is 222 Å². The highest BCUT2D eigenvalue weighted by Crippen LogP contribution is 2.48. The van der Waals surface area contributed by atoms with Crippen LogP contribution >= 0.6 is 0 Å². The van der Waals surface area contributed by atoms with Gasteiger partial charge in [0.05, 0.1) is 68.1 Å². The van der Waals surface area contributed by atoms with E-state index >= 15 is 0 Å². The minimum Gasteiger partial charge on any atom is -0.466 e. The summed E-state index contributed by atoms with van der Waals surface area (Å²) in [4.78, 5) is 24.9. The maximum Gasteiger partial charge on any atom is 0.337 e. The zero-order chi connectivity index (χ0) is 38.2. The molecule has 4 aliphatic rings. The summed E-state index contributed by atoms with van der Waals surface area (Å²) in [6.45, 7) is 4.00. The van der Waals surface area contributed by atoms with Crippen molar-refractivity contribution in [2.24, 2.45) is 0 Å². The van der Waals surface area contributed by atoms with Crippen LogP contribution in [0.1, 0.15) is 168 Å². The summed E-state index contributed by atoms with van der Waals surface area (Å²) >= 11 is 0. The van der Waals surface area contributed by atoms with E-state index in [4.69, 9.17) is 23.7 Å². The molecule has 10 nitrogen and oxygen atoms in total. The van der Waals surface area contributed by atoms with Gasteiger partial charge in [0.1, 0.15) is 11.7 Å². The fourth-order valence-electron chi connectivity index (χ4n) is 8.97. The van der Waals surface area contributed by atoms with Crippen molar-refractivity contribution < 1.29 is 48.6 Å². The predicted octanol–water partition coefficient (Wildman–Crippen LogP) is 7.73. The monoisotopic (exact) mass is 749 g/mol. The van der Waals surface area contributed by atoms with Crippen molar-refractivity contribution >= 4 is 11.9 Å². The fourth-order valence-corrected chi connectivity index (χ4v) is 8.97. The molecule has 0 aromatic heterocycles. The third kappa shape index (κ3) is 12.9. The summed E-state index contributed by atoms with van der Waals surface area (Å²) in [6.07, 6.45) is 24.4. The molecule has 0 aromatic carbocycles. The number of rotatable bonds is 27. The van der Waals surface area contributed by atoms with Gasteiger partial charge < -0.3 is 39.0 Å². The SMILES string of the molecule is CCCCCC[C@H](O)CCC[C@H](O)[C@H]1CC[C@H]([C@H]2CC[C@H]([C@H](O)CCCCCCCCCCCCC3=C[C@]4(C)O[C@H]3C(C(=O)OC)=C4C(=O)OC)O2)O1. The molecule has 4 rings (SSSR count). The Morgan fingerprint density at radius 3 is 1.75 bits per heavy atom. The van der Waals surface area contributed by atoms with Crippen molar-refractivity contribution in [2.75, 3.05) is 14.2 Å². The van der Waals surface area contributed by atoms with Gasteiger partial charge in [-0.15, -0.1) is 0 Å². The van der Waals surface area contributed by atoms with Crippen LogP contribution in [0, 0.1) is 0 Å². The lowest BCUT2D eigenvalue weighted by atomic mass is 9.83. The first-order chi connectivity index (χ1) is 25.6. The van der Waals surface area contributed by atoms with Gasteiger partial charge >= 0.3 is 11.9 Å². The number of aliphatic hydroxyl groups is 3. The first-order valence-corrected chi connectivity index (χ1v) is 21.3. The van der Waals surface area contributed by atoms with Gasteiger partial charge in [-0.1, -0.05) is 90.4 Å². The minimum absolute atomic E-state index is 0.00184. The van der Waals surface area contributed by atoms with Crippen molar-refractivity contribution in [1.29, 1.82) is 0 Å². The number of carbonyl (C=O) groups excluding carboxylic acids is 2. The van der Waals surface area contributed by atoms with E-state index in [0.717, 1.165) is 95.5 Å². The molecule has 2 fully saturated rings. The van der Waals surface area contributed by atoms with E-state index in [-0.39, 0.29) is 41.7 Å². The number of hydrogen-bond acceptors (Lipinski definition) is 10. The largest absolute Gasteiger partial charge is 0.466 e. The number of carbonyl (C=O) groups is 2. The standard InChI is InChI=1S/C43H72O10/c1-5-6-7-17-21-31(44)22-19-24-33(46)35-26-28-37(52-35)36-27-25-34(51-36)32(45)23-18-15-13-11-9-8-10-12-14-16-20-30-29-43(2)39(42(48)50-4)38(40(30)53-43)41(47)49-3/h29,31-37,40,44-46H,5-28H2,1-4H3/t31-,32+,33-,34+,35+,36+,37+,40+,43-/m0/s1. The molecule has 0 aromatic rings. The lowest BCUT2D eigenvalue weighted by Gasteiger charge is -2.24.